The van der Waals surface area contributed by atoms with Crippen LogP contribution < -0.4 is 10.6 Å². The van der Waals surface area contributed by atoms with E-state index in [0.29, 0.717) is 12.6 Å². The van der Waals surface area contributed by atoms with Gasteiger partial charge in [-0.3, -0.25) is 4.79 Å². The first-order chi connectivity index (χ1) is 9.11. The molecular weight excluding hydrogens is 236 g/mol. The smallest absolute Gasteiger partial charge is 0.234 e. The first-order valence-corrected chi connectivity index (χ1v) is 8.11. The normalized spacial score (nSPS) is 25.0. The minimum atomic E-state index is 0.137. The molecule has 19 heavy (non-hydrogen) atoms. The van der Waals surface area contributed by atoms with Gasteiger partial charge in [-0.2, -0.15) is 0 Å². The van der Waals surface area contributed by atoms with Crippen molar-refractivity contribution in [3.05, 3.63) is 0 Å². The molecule has 1 fully saturated rings. The van der Waals surface area contributed by atoms with Crippen molar-refractivity contribution in [2.75, 3.05) is 13.1 Å². The molecule has 0 spiro atoms. The summed E-state index contributed by atoms with van der Waals surface area (Å²) in [6.45, 7) is 8.03. The highest BCUT2D eigenvalue weighted by molar-refractivity contribution is 5.78. The van der Waals surface area contributed by atoms with E-state index in [1.54, 1.807) is 0 Å². The van der Waals surface area contributed by atoms with Gasteiger partial charge in [-0.25, -0.2) is 0 Å². The molecule has 3 nitrogen and oxygen atoms in total. The van der Waals surface area contributed by atoms with Gasteiger partial charge in [0.05, 0.1) is 6.54 Å². The Labute approximate surface area is 118 Å². The molecule has 0 saturated heterocycles. The number of carbonyl (C=O) groups is 1. The summed E-state index contributed by atoms with van der Waals surface area (Å²) in [7, 11) is 0. The van der Waals surface area contributed by atoms with Crippen molar-refractivity contribution in [1.29, 1.82) is 0 Å². The van der Waals surface area contributed by atoms with Crippen LogP contribution in [0.1, 0.15) is 65.7 Å². The summed E-state index contributed by atoms with van der Waals surface area (Å²) in [5.41, 5.74) is 0. The second kappa shape index (κ2) is 9.35. The maximum absolute atomic E-state index is 11.6. The minimum Gasteiger partial charge on any atom is -0.353 e. The van der Waals surface area contributed by atoms with Crippen LogP contribution in [0, 0.1) is 11.8 Å². The summed E-state index contributed by atoms with van der Waals surface area (Å²) in [5.74, 6) is 1.94. The molecule has 2 N–H and O–H groups in total. The molecule has 1 amide bonds. The Morgan fingerprint density at radius 3 is 2.58 bits per heavy atom. The predicted octanol–water partition coefficient (Wildman–Crippen LogP) is 3.10. The van der Waals surface area contributed by atoms with Gasteiger partial charge >= 0.3 is 0 Å². The fourth-order valence-corrected chi connectivity index (χ4v) is 2.96. The van der Waals surface area contributed by atoms with Gasteiger partial charge in [-0.1, -0.05) is 46.0 Å². The summed E-state index contributed by atoms with van der Waals surface area (Å²) in [5, 5.41) is 6.30. The lowest BCUT2D eigenvalue weighted by Gasteiger charge is -2.26. The van der Waals surface area contributed by atoms with Crippen molar-refractivity contribution in [3.8, 4) is 0 Å². The quantitative estimate of drug-likeness (QED) is 0.664. The van der Waals surface area contributed by atoms with Crippen LogP contribution in [0.3, 0.4) is 0 Å². The third-order valence-electron chi connectivity index (χ3n) is 4.28. The van der Waals surface area contributed by atoms with E-state index in [-0.39, 0.29) is 5.91 Å². The Balaban J connectivity index is 1.99. The number of carbonyl (C=O) groups excluding carboxylic acids is 1. The SMILES string of the molecule is CCCC(C)NC(=O)CNCCC1CCC(C)CC1. The van der Waals surface area contributed by atoms with Crippen LogP contribution in [-0.2, 0) is 4.79 Å². The van der Waals surface area contributed by atoms with Crippen molar-refractivity contribution in [2.24, 2.45) is 11.8 Å². The average molecular weight is 268 g/mol. The molecule has 0 aromatic carbocycles. The lowest BCUT2D eigenvalue weighted by Crippen LogP contribution is -2.39. The molecule has 1 aliphatic rings. The summed E-state index contributed by atoms with van der Waals surface area (Å²) in [6, 6.07) is 0.305. The first-order valence-electron chi connectivity index (χ1n) is 8.11. The zero-order valence-corrected chi connectivity index (χ0v) is 13.0. The molecular formula is C16H32N2O. The van der Waals surface area contributed by atoms with E-state index >= 15 is 0 Å². The summed E-state index contributed by atoms with van der Waals surface area (Å²) in [4.78, 5) is 11.6. The summed E-state index contributed by atoms with van der Waals surface area (Å²) in [6.07, 6.45) is 8.94. The monoisotopic (exact) mass is 268 g/mol. The average Bonchev–Trinajstić information content (AvgIpc) is 2.37. The van der Waals surface area contributed by atoms with E-state index in [0.717, 1.165) is 31.2 Å². The van der Waals surface area contributed by atoms with Gasteiger partial charge in [0.2, 0.25) is 5.91 Å². The second-order valence-electron chi connectivity index (χ2n) is 6.35. The zero-order valence-electron chi connectivity index (χ0n) is 13.0. The van der Waals surface area contributed by atoms with Gasteiger partial charge in [0.15, 0.2) is 0 Å². The Morgan fingerprint density at radius 1 is 1.26 bits per heavy atom. The molecule has 0 aromatic rings. The lowest BCUT2D eigenvalue weighted by molar-refractivity contribution is -0.120. The van der Waals surface area contributed by atoms with E-state index in [1.807, 2.05) is 0 Å². The Hall–Kier alpha value is -0.570. The van der Waals surface area contributed by atoms with Crippen LogP contribution in [0.15, 0.2) is 0 Å². The first kappa shape index (κ1) is 16.5. The predicted molar refractivity (Wildman–Crippen MR) is 81.1 cm³/mol. The molecule has 1 rings (SSSR count). The van der Waals surface area contributed by atoms with E-state index < -0.39 is 0 Å². The van der Waals surface area contributed by atoms with E-state index in [2.05, 4.69) is 31.4 Å². The zero-order chi connectivity index (χ0) is 14.1. The minimum absolute atomic E-state index is 0.137. The van der Waals surface area contributed by atoms with Crippen molar-refractivity contribution in [2.45, 2.75) is 71.8 Å². The van der Waals surface area contributed by atoms with Gasteiger partial charge in [0.1, 0.15) is 0 Å². The van der Waals surface area contributed by atoms with Gasteiger partial charge in [0.25, 0.3) is 0 Å². The Morgan fingerprint density at radius 2 is 1.95 bits per heavy atom. The van der Waals surface area contributed by atoms with Gasteiger partial charge < -0.3 is 10.6 Å². The molecule has 112 valence electrons. The third kappa shape index (κ3) is 7.56. The Kier molecular flexibility index (Phi) is 8.11. The highest BCUT2D eigenvalue weighted by Gasteiger charge is 2.17. The number of amides is 1. The molecule has 0 radical (unpaired) electrons. The Bertz CT molecular complexity index is 247. The van der Waals surface area contributed by atoms with Gasteiger partial charge in [0, 0.05) is 6.04 Å². The van der Waals surface area contributed by atoms with Crippen molar-refractivity contribution >= 4 is 5.91 Å². The standard InChI is InChI=1S/C16H32N2O/c1-4-5-14(3)18-16(19)12-17-11-10-15-8-6-13(2)7-9-15/h13-15,17H,4-12H2,1-3H3,(H,18,19). The van der Waals surface area contributed by atoms with Crippen LogP contribution in [0.25, 0.3) is 0 Å². The summed E-state index contributed by atoms with van der Waals surface area (Å²) < 4.78 is 0. The number of hydrogen-bond acceptors (Lipinski definition) is 2. The van der Waals surface area contributed by atoms with Crippen LogP contribution in [0.5, 0.6) is 0 Å². The topological polar surface area (TPSA) is 41.1 Å². The molecule has 1 saturated carbocycles. The van der Waals surface area contributed by atoms with Crippen molar-refractivity contribution < 1.29 is 4.79 Å². The number of nitrogens with one attached hydrogen (secondary N) is 2. The molecule has 0 aromatic heterocycles. The molecule has 0 heterocycles. The highest BCUT2D eigenvalue weighted by Crippen LogP contribution is 2.29. The van der Waals surface area contributed by atoms with E-state index in [4.69, 9.17) is 0 Å². The maximum atomic E-state index is 11.6. The van der Waals surface area contributed by atoms with Gasteiger partial charge in [-0.15, -0.1) is 0 Å². The fraction of sp³-hybridized carbons (Fsp3) is 0.938. The van der Waals surface area contributed by atoms with Gasteiger partial charge in [-0.05, 0) is 38.1 Å². The van der Waals surface area contributed by atoms with Crippen LogP contribution in [-0.4, -0.2) is 25.0 Å². The molecule has 1 aliphatic carbocycles. The highest BCUT2D eigenvalue weighted by atomic mass is 16.1. The summed E-state index contributed by atoms with van der Waals surface area (Å²) >= 11 is 0. The fourth-order valence-electron chi connectivity index (χ4n) is 2.96. The number of hydrogen-bond donors (Lipinski definition) is 2. The molecule has 1 atom stereocenters. The van der Waals surface area contributed by atoms with E-state index in [9.17, 15) is 4.79 Å². The molecule has 3 heteroatoms. The van der Waals surface area contributed by atoms with E-state index in [1.165, 1.54) is 32.1 Å². The number of rotatable bonds is 8. The van der Waals surface area contributed by atoms with Crippen LogP contribution >= 0.6 is 0 Å². The molecule has 0 aliphatic heterocycles. The molecule has 1 unspecified atom stereocenters. The lowest BCUT2D eigenvalue weighted by atomic mass is 9.81. The largest absolute Gasteiger partial charge is 0.353 e. The van der Waals surface area contributed by atoms with Crippen molar-refractivity contribution in [1.82, 2.24) is 10.6 Å². The third-order valence-corrected chi connectivity index (χ3v) is 4.28. The van der Waals surface area contributed by atoms with Crippen LogP contribution in [0.4, 0.5) is 0 Å². The second-order valence-corrected chi connectivity index (χ2v) is 6.35. The van der Waals surface area contributed by atoms with Crippen molar-refractivity contribution in [3.63, 3.8) is 0 Å². The molecule has 0 bridgehead atoms. The maximum Gasteiger partial charge on any atom is 0.234 e. The van der Waals surface area contributed by atoms with Crippen LogP contribution in [0.2, 0.25) is 0 Å².